The molecule has 1 atom stereocenters. The minimum absolute atomic E-state index is 0.335. The molecule has 2 nitrogen and oxygen atoms in total. The van der Waals surface area contributed by atoms with Crippen molar-refractivity contribution in [2.45, 2.75) is 25.9 Å². The maximum atomic E-state index is 5.76. The fourth-order valence-corrected chi connectivity index (χ4v) is 4.43. The summed E-state index contributed by atoms with van der Waals surface area (Å²) in [6.45, 7) is 3.81. The quantitative estimate of drug-likeness (QED) is 0.751. The van der Waals surface area contributed by atoms with E-state index in [9.17, 15) is 0 Å². The molecule has 0 saturated heterocycles. The molecule has 0 amide bonds. The van der Waals surface area contributed by atoms with Crippen molar-refractivity contribution < 1.29 is 4.74 Å². The summed E-state index contributed by atoms with van der Waals surface area (Å²) in [5.41, 5.74) is 2.54. The Bertz CT molecular complexity index is 626. The Kier molecular flexibility index (Phi) is 4.50. The number of hydrogen-bond donors (Lipinski definition) is 1. The predicted octanol–water partition coefficient (Wildman–Crippen LogP) is 5.06. The number of thiophene rings is 1. The van der Waals surface area contributed by atoms with E-state index in [1.165, 1.54) is 16.0 Å². The standard InChI is InChI=1S/C15H15Br2NOS/c1-9(14-6-13(17)8-20-14)18-7-11-5-12(16)4-10-2-3-19-15(10)11/h4-6,8-9,18H,2-3,7H2,1H3. The minimum atomic E-state index is 0.335. The molecule has 2 heterocycles. The molecule has 106 valence electrons. The van der Waals surface area contributed by atoms with E-state index in [-0.39, 0.29) is 0 Å². The third-order valence-corrected chi connectivity index (χ3v) is 5.77. The first-order valence-electron chi connectivity index (χ1n) is 6.55. The average molecular weight is 417 g/mol. The largest absolute Gasteiger partial charge is 0.493 e. The highest BCUT2D eigenvalue weighted by molar-refractivity contribution is 9.10. The number of benzene rings is 1. The van der Waals surface area contributed by atoms with Gasteiger partial charge in [-0.2, -0.15) is 0 Å². The van der Waals surface area contributed by atoms with Gasteiger partial charge >= 0.3 is 0 Å². The van der Waals surface area contributed by atoms with Crippen LogP contribution in [0.1, 0.15) is 29.0 Å². The van der Waals surface area contributed by atoms with Crippen LogP contribution in [0, 0.1) is 0 Å². The molecule has 2 aromatic rings. The van der Waals surface area contributed by atoms with Crippen LogP contribution in [0.3, 0.4) is 0 Å². The topological polar surface area (TPSA) is 21.3 Å². The van der Waals surface area contributed by atoms with E-state index in [0.29, 0.717) is 6.04 Å². The molecule has 3 rings (SSSR count). The second-order valence-electron chi connectivity index (χ2n) is 4.92. The molecule has 5 heteroatoms. The smallest absolute Gasteiger partial charge is 0.127 e. The van der Waals surface area contributed by atoms with Crippen molar-refractivity contribution in [3.63, 3.8) is 0 Å². The zero-order chi connectivity index (χ0) is 14.1. The van der Waals surface area contributed by atoms with Crippen LogP contribution in [0.4, 0.5) is 0 Å². The van der Waals surface area contributed by atoms with Crippen LogP contribution in [0.15, 0.2) is 32.5 Å². The molecule has 0 spiro atoms. The lowest BCUT2D eigenvalue weighted by atomic mass is 10.1. The Morgan fingerprint density at radius 3 is 2.90 bits per heavy atom. The fourth-order valence-electron chi connectivity index (χ4n) is 2.40. The van der Waals surface area contributed by atoms with Gasteiger partial charge in [0.1, 0.15) is 5.75 Å². The maximum Gasteiger partial charge on any atom is 0.127 e. The molecule has 1 aromatic carbocycles. The minimum Gasteiger partial charge on any atom is -0.493 e. The molecule has 1 aliphatic rings. The van der Waals surface area contributed by atoms with Crippen LogP contribution in [0.25, 0.3) is 0 Å². The van der Waals surface area contributed by atoms with E-state index in [0.717, 1.165) is 34.3 Å². The van der Waals surface area contributed by atoms with Crippen molar-refractivity contribution in [2.24, 2.45) is 0 Å². The van der Waals surface area contributed by atoms with Crippen molar-refractivity contribution in [3.05, 3.63) is 48.5 Å². The zero-order valence-electron chi connectivity index (χ0n) is 11.1. The predicted molar refractivity (Wildman–Crippen MR) is 90.6 cm³/mol. The number of nitrogens with one attached hydrogen (secondary N) is 1. The van der Waals surface area contributed by atoms with Crippen molar-refractivity contribution in [1.29, 1.82) is 0 Å². The van der Waals surface area contributed by atoms with Gasteiger partial charge in [-0.3, -0.25) is 0 Å². The second-order valence-corrected chi connectivity index (χ2v) is 7.70. The van der Waals surface area contributed by atoms with E-state index in [2.05, 4.69) is 67.7 Å². The van der Waals surface area contributed by atoms with Gasteiger partial charge in [-0.15, -0.1) is 11.3 Å². The van der Waals surface area contributed by atoms with Crippen molar-refractivity contribution >= 4 is 43.2 Å². The first-order valence-corrected chi connectivity index (χ1v) is 9.01. The van der Waals surface area contributed by atoms with Crippen LogP contribution in [0.5, 0.6) is 5.75 Å². The van der Waals surface area contributed by atoms with Crippen LogP contribution >= 0.6 is 43.2 Å². The van der Waals surface area contributed by atoms with E-state index in [4.69, 9.17) is 4.74 Å². The SMILES string of the molecule is CC(NCc1cc(Br)cc2c1OCC2)c1cc(Br)cs1. The van der Waals surface area contributed by atoms with E-state index >= 15 is 0 Å². The molecule has 20 heavy (non-hydrogen) atoms. The Morgan fingerprint density at radius 1 is 1.30 bits per heavy atom. The van der Waals surface area contributed by atoms with Gasteiger partial charge in [0.2, 0.25) is 0 Å². The first-order chi connectivity index (χ1) is 9.63. The van der Waals surface area contributed by atoms with Gasteiger partial charge in [0.05, 0.1) is 6.61 Å². The zero-order valence-corrected chi connectivity index (χ0v) is 15.1. The molecular weight excluding hydrogens is 402 g/mol. The van der Waals surface area contributed by atoms with Gasteiger partial charge in [-0.05, 0) is 46.6 Å². The molecule has 0 radical (unpaired) electrons. The summed E-state index contributed by atoms with van der Waals surface area (Å²) >= 11 is 8.86. The summed E-state index contributed by atoms with van der Waals surface area (Å²) in [7, 11) is 0. The summed E-state index contributed by atoms with van der Waals surface area (Å²) < 4.78 is 8.04. The van der Waals surface area contributed by atoms with Gasteiger partial charge in [-0.1, -0.05) is 15.9 Å². The highest BCUT2D eigenvalue weighted by Gasteiger charge is 2.18. The molecule has 1 N–H and O–H groups in total. The number of rotatable bonds is 4. The summed E-state index contributed by atoms with van der Waals surface area (Å²) in [6.07, 6.45) is 1.01. The number of halogens is 2. The Hall–Kier alpha value is -0.360. The number of ether oxygens (including phenoxy) is 1. The van der Waals surface area contributed by atoms with Crippen LogP contribution in [-0.2, 0) is 13.0 Å². The third kappa shape index (κ3) is 3.11. The highest BCUT2D eigenvalue weighted by Crippen LogP contribution is 2.33. The molecular formula is C15H15Br2NOS. The monoisotopic (exact) mass is 415 g/mol. The van der Waals surface area contributed by atoms with Crippen LogP contribution in [0.2, 0.25) is 0 Å². The van der Waals surface area contributed by atoms with Gasteiger partial charge in [0, 0.05) is 43.8 Å². The lowest BCUT2D eigenvalue weighted by Crippen LogP contribution is -2.17. The Labute approximate surface area is 139 Å². The maximum absolute atomic E-state index is 5.76. The molecule has 0 bridgehead atoms. The number of hydrogen-bond acceptors (Lipinski definition) is 3. The molecule has 0 aliphatic carbocycles. The molecule has 1 aliphatic heterocycles. The molecule has 0 fully saturated rings. The Balaban J connectivity index is 1.73. The lowest BCUT2D eigenvalue weighted by Gasteiger charge is -2.14. The van der Waals surface area contributed by atoms with Gasteiger partial charge in [-0.25, -0.2) is 0 Å². The van der Waals surface area contributed by atoms with Crippen LogP contribution < -0.4 is 10.1 Å². The molecule has 1 aromatic heterocycles. The first kappa shape index (κ1) is 14.6. The summed E-state index contributed by atoms with van der Waals surface area (Å²) in [5.74, 6) is 1.07. The third-order valence-electron chi connectivity index (χ3n) is 3.44. The van der Waals surface area contributed by atoms with Crippen molar-refractivity contribution in [3.8, 4) is 5.75 Å². The lowest BCUT2D eigenvalue weighted by molar-refractivity contribution is 0.351. The summed E-state index contributed by atoms with van der Waals surface area (Å²) in [5, 5.41) is 5.69. The second kappa shape index (κ2) is 6.18. The van der Waals surface area contributed by atoms with E-state index in [1.54, 1.807) is 11.3 Å². The normalized spacial score (nSPS) is 14.9. The highest BCUT2D eigenvalue weighted by atomic mass is 79.9. The van der Waals surface area contributed by atoms with Gasteiger partial charge < -0.3 is 10.1 Å². The Morgan fingerprint density at radius 2 is 2.15 bits per heavy atom. The fraction of sp³-hybridized carbons (Fsp3) is 0.333. The van der Waals surface area contributed by atoms with E-state index in [1.807, 2.05) is 0 Å². The van der Waals surface area contributed by atoms with Crippen molar-refractivity contribution in [2.75, 3.05) is 6.61 Å². The van der Waals surface area contributed by atoms with E-state index < -0.39 is 0 Å². The number of fused-ring (bicyclic) bond motifs is 1. The average Bonchev–Trinajstić information content (AvgIpc) is 3.03. The summed E-state index contributed by atoms with van der Waals surface area (Å²) in [6, 6.07) is 6.81. The van der Waals surface area contributed by atoms with Crippen molar-refractivity contribution in [1.82, 2.24) is 5.32 Å². The van der Waals surface area contributed by atoms with Crippen LogP contribution in [-0.4, -0.2) is 6.61 Å². The van der Waals surface area contributed by atoms with Gasteiger partial charge in [0.25, 0.3) is 0 Å². The molecule has 1 unspecified atom stereocenters. The van der Waals surface area contributed by atoms with Gasteiger partial charge in [0.15, 0.2) is 0 Å². The molecule has 0 saturated carbocycles. The summed E-state index contributed by atoms with van der Waals surface area (Å²) in [4.78, 5) is 1.34.